The van der Waals surface area contributed by atoms with E-state index >= 15 is 0 Å². The number of halogens is 2. The number of hydrogen-bond donors (Lipinski definition) is 0. The van der Waals surface area contributed by atoms with Gasteiger partial charge < -0.3 is 0 Å². The summed E-state index contributed by atoms with van der Waals surface area (Å²) < 4.78 is 13.8. The zero-order valence-electron chi connectivity index (χ0n) is 11.6. The minimum atomic E-state index is -0.247. The van der Waals surface area contributed by atoms with Crippen molar-refractivity contribution in [3.05, 3.63) is 34.6 Å². The van der Waals surface area contributed by atoms with Crippen LogP contribution in [0, 0.1) is 17.1 Å². The summed E-state index contributed by atoms with van der Waals surface area (Å²) in [6.07, 6.45) is 0.850. The molecule has 1 aromatic carbocycles. The maximum absolute atomic E-state index is 13.8. The molecule has 1 aliphatic heterocycles. The van der Waals surface area contributed by atoms with Gasteiger partial charge in [0.15, 0.2) is 0 Å². The second kappa shape index (κ2) is 7.03. The monoisotopic (exact) mass is 295 g/mol. The molecule has 1 heterocycles. The minimum absolute atomic E-state index is 0.00409. The van der Waals surface area contributed by atoms with Crippen LogP contribution in [0.2, 0.25) is 5.02 Å². The lowest BCUT2D eigenvalue weighted by Gasteiger charge is -2.36. The van der Waals surface area contributed by atoms with Crippen LogP contribution in [0.5, 0.6) is 0 Å². The highest BCUT2D eigenvalue weighted by atomic mass is 35.5. The zero-order chi connectivity index (χ0) is 14.5. The lowest BCUT2D eigenvalue weighted by atomic mass is 10.1. The Balaban J connectivity index is 1.90. The minimum Gasteiger partial charge on any atom is -0.296 e. The summed E-state index contributed by atoms with van der Waals surface area (Å²) in [6, 6.07) is 7.16. The molecule has 1 aliphatic rings. The Bertz CT molecular complexity index is 492. The molecular formula is C15H19ClFN3. The highest BCUT2D eigenvalue weighted by molar-refractivity contribution is 6.30. The smallest absolute Gasteiger partial charge is 0.129 e. The summed E-state index contributed by atoms with van der Waals surface area (Å²) in [6.45, 7) is 6.08. The molecule has 0 aromatic heterocycles. The van der Waals surface area contributed by atoms with Crippen LogP contribution in [0.25, 0.3) is 0 Å². The molecule has 5 heteroatoms. The van der Waals surface area contributed by atoms with Crippen molar-refractivity contribution in [2.45, 2.75) is 25.9 Å². The number of benzene rings is 1. The summed E-state index contributed by atoms with van der Waals surface area (Å²) in [5, 5.41) is 9.50. The molecule has 0 bridgehead atoms. The van der Waals surface area contributed by atoms with Gasteiger partial charge in [-0.25, -0.2) is 4.39 Å². The quantitative estimate of drug-likeness (QED) is 0.855. The van der Waals surface area contributed by atoms with Crippen LogP contribution in [0.4, 0.5) is 4.39 Å². The van der Waals surface area contributed by atoms with E-state index in [9.17, 15) is 4.39 Å². The van der Waals surface area contributed by atoms with Gasteiger partial charge in [-0.15, -0.1) is 0 Å². The van der Waals surface area contributed by atoms with Gasteiger partial charge >= 0.3 is 0 Å². The molecule has 0 saturated carbocycles. The highest BCUT2D eigenvalue weighted by Gasteiger charge is 2.22. The Morgan fingerprint density at radius 2 is 2.05 bits per heavy atom. The Morgan fingerprint density at radius 1 is 1.35 bits per heavy atom. The summed E-state index contributed by atoms with van der Waals surface area (Å²) in [4.78, 5) is 4.42. The van der Waals surface area contributed by atoms with E-state index in [2.05, 4.69) is 15.9 Å². The third-order valence-electron chi connectivity index (χ3n) is 3.79. The molecule has 2 rings (SSSR count). The Kier molecular flexibility index (Phi) is 5.36. The van der Waals surface area contributed by atoms with Crippen molar-refractivity contribution in [1.29, 1.82) is 5.26 Å². The van der Waals surface area contributed by atoms with E-state index in [1.54, 1.807) is 12.1 Å². The van der Waals surface area contributed by atoms with Crippen LogP contribution >= 0.6 is 11.6 Å². The molecule has 1 saturated heterocycles. The van der Waals surface area contributed by atoms with Crippen molar-refractivity contribution in [1.82, 2.24) is 9.80 Å². The van der Waals surface area contributed by atoms with Crippen LogP contribution in [0.15, 0.2) is 18.2 Å². The highest BCUT2D eigenvalue weighted by Crippen LogP contribution is 2.17. The number of rotatable bonds is 4. The predicted molar refractivity (Wildman–Crippen MR) is 78.0 cm³/mol. The fourth-order valence-electron chi connectivity index (χ4n) is 2.56. The maximum atomic E-state index is 13.8. The van der Waals surface area contributed by atoms with Crippen LogP contribution in [0.3, 0.4) is 0 Å². The average molecular weight is 296 g/mol. The van der Waals surface area contributed by atoms with Crippen molar-refractivity contribution in [3.63, 3.8) is 0 Å². The molecule has 0 N–H and O–H groups in total. The second-order valence-electron chi connectivity index (χ2n) is 5.10. The third kappa shape index (κ3) is 3.69. The van der Waals surface area contributed by atoms with Gasteiger partial charge in [0.05, 0.1) is 12.1 Å². The Labute approximate surface area is 124 Å². The predicted octanol–water partition coefficient (Wildman–Crippen LogP) is 2.90. The summed E-state index contributed by atoms with van der Waals surface area (Å²) in [5.74, 6) is -0.247. The van der Waals surface area contributed by atoms with Crippen LogP contribution < -0.4 is 0 Å². The summed E-state index contributed by atoms with van der Waals surface area (Å²) in [5.41, 5.74) is 0.676. The lowest BCUT2D eigenvalue weighted by Crippen LogP contribution is -2.49. The molecule has 20 heavy (non-hydrogen) atoms. The van der Waals surface area contributed by atoms with Crippen molar-refractivity contribution in [2.24, 2.45) is 0 Å². The van der Waals surface area contributed by atoms with E-state index in [4.69, 9.17) is 16.9 Å². The molecule has 1 unspecified atom stereocenters. The molecule has 0 aliphatic carbocycles. The fourth-order valence-corrected chi connectivity index (χ4v) is 2.71. The van der Waals surface area contributed by atoms with Crippen molar-refractivity contribution < 1.29 is 4.39 Å². The van der Waals surface area contributed by atoms with E-state index in [0.717, 1.165) is 32.6 Å². The van der Waals surface area contributed by atoms with Gasteiger partial charge in [0, 0.05) is 43.3 Å². The van der Waals surface area contributed by atoms with Gasteiger partial charge in [-0.05, 0) is 18.6 Å². The summed E-state index contributed by atoms with van der Waals surface area (Å²) in [7, 11) is 0. The van der Waals surface area contributed by atoms with Gasteiger partial charge in [-0.1, -0.05) is 24.6 Å². The molecule has 1 fully saturated rings. The molecule has 0 radical (unpaired) electrons. The topological polar surface area (TPSA) is 30.3 Å². The van der Waals surface area contributed by atoms with Gasteiger partial charge in [0.1, 0.15) is 5.82 Å². The van der Waals surface area contributed by atoms with Crippen LogP contribution in [-0.4, -0.2) is 42.0 Å². The number of piperazine rings is 1. The van der Waals surface area contributed by atoms with Gasteiger partial charge in [-0.3, -0.25) is 9.80 Å². The lowest BCUT2D eigenvalue weighted by molar-refractivity contribution is 0.107. The SMILES string of the molecule is CCC(C#N)N1CCN(Cc2ccc(Cl)cc2F)CC1. The van der Waals surface area contributed by atoms with Gasteiger partial charge in [-0.2, -0.15) is 5.26 Å². The molecule has 0 amide bonds. The molecular weight excluding hydrogens is 277 g/mol. The molecule has 3 nitrogen and oxygen atoms in total. The maximum Gasteiger partial charge on any atom is 0.129 e. The van der Waals surface area contributed by atoms with E-state index in [1.807, 2.05) is 6.92 Å². The van der Waals surface area contributed by atoms with Gasteiger partial charge in [0.25, 0.3) is 0 Å². The van der Waals surface area contributed by atoms with Crippen molar-refractivity contribution in [2.75, 3.05) is 26.2 Å². The Hall–Kier alpha value is -1.15. The largest absolute Gasteiger partial charge is 0.296 e. The van der Waals surface area contributed by atoms with E-state index < -0.39 is 0 Å². The molecule has 1 atom stereocenters. The van der Waals surface area contributed by atoms with E-state index in [0.29, 0.717) is 17.1 Å². The number of nitrogens with zero attached hydrogens (tertiary/aromatic N) is 3. The van der Waals surface area contributed by atoms with Crippen molar-refractivity contribution >= 4 is 11.6 Å². The van der Waals surface area contributed by atoms with Gasteiger partial charge in [0.2, 0.25) is 0 Å². The van der Waals surface area contributed by atoms with Crippen molar-refractivity contribution in [3.8, 4) is 6.07 Å². The number of hydrogen-bond acceptors (Lipinski definition) is 3. The van der Waals surface area contributed by atoms with Crippen LogP contribution in [-0.2, 0) is 6.54 Å². The normalized spacial score (nSPS) is 18.7. The van der Waals surface area contributed by atoms with Crippen LogP contribution in [0.1, 0.15) is 18.9 Å². The fraction of sp³-hybridized carbons (Fsp3) is 0.533. The first kappa shape index (κ1) is 15.2. The standard InChI is InChI=1S/C15H19ClFN3/c1-2-14(10-18)20-7-5-19(6-8-20)11-12-3-4-13(16)9-15(12)17/h3-4,9,14H,2,5-8,11H2,1H3. The molecule has 1 aromatic rings. The zero-order valence-corrected chi connectivity index (χ0v) is 12.4. The summed E-state index contributed by atoms with van der Waals surface area (Å²) >= 11 is 5.75. The first-order valence-electron chi connectivity index (χ1n) is 6.94. The van der Waals surface area contributed by atoms with E-state index in [-0.39, 0.29) is 11.9 Å². The first-order valence-corrected chi connectivity index (χ1v) is 7.31. The second-order valence-corrected chi connectivity index (χ2v) is 5.54. The molecule has 0 spiro atoms. The first-order chi connectivity index (χ1) is 9.63. The van der Waals surface area contributed by atoms with E-state index in [1.165, 1.54) is 6.07 Å². The Morgan fingerprint density at radius 3 is 2.60 bits per heavy atom. The third-order valence-corrected chi connectivity index (χ3v) is 4.03. The molecule has 108 valence electrons. The number of nitriles is 1. The average Bonchev–Trinajstić information content (AvgIpc) is 2.45.